The Bertz CT molecular complexity index is 1720. The first-order valence-corrected chi connectivity index (χ1v) is 13.6. The molecule has 0 unspecified atom stereocenters. The van der Waals surface area contributed by atoms with Crippen molar-refractivity contribution < 1.29 is 32.3 Å². The minimum atomic E-state index is -4.70. The third-order valence-corrected chi connectivity index (χ3v) is 7.33. The Morgan fingerprint density at radius 3 is 2.43 bits per heavy atom. The predicted molar refractivity (Wildman–Crippen MR) is 151 cm³/mol. The summed E-state index contributed by atoms with van der Waals surface area (Å²) in [6.07, 6.45) is -4.31. The lowest BCUT2D eigenvalue weighted by Crippen LogP contribution is -2.55. The Morgan fingerprint density at radius 2 is 1.80 bits per heavy atom. The number of fused-ring (bicyclic) bond motifs is 1. The number of alkyl halides is 3. The molecule has 0 aliphatic carbocycles. The molecule has 1 aliphatic heterocycles. The van der Waals surface area contributed by atoms with Gasteiger partial charge in [-0.25, -0.2) is 9.07 Å². The number of benzene rings is 3. The van der Waals surface area contributed by atoms with Crippen molar-refractivity contribution in [1.29, 1.82) is 5.26 Å². The number of aliphatic hydroxyl groups is 1. The van der Waals surface area contributed by atoms with Gasteiger partial charge in [0.1, 0.15) is 23.8 Å². The zero-order valence-electron chi connectivity index (χ0n) is 23.2. The quantitative estimate of drug-likeness (QED) is 0.155. The summed E-state index contributed by atoms with van der Waals surface area (Å²) in [7, 11) is 0. The first-order valence-electron chi connectivity index (χ1n) is 13.6. The van der Waals surface area contributed by atoms with Crippen molar-refractivity contribution in [3.8, 4) is 11.9 Å². The van der Waals surface area contributed by atoms with Gasteiger partial charge in [-0.05, 0) is 55.0 Å². The van der Waals surface area contributed by atoms with E-state index in [4.69, 9.17) is 5.26 Å². The summed E-state index contributed by atoms with van der Waals surface area (Å²) in [4.78, 5) is 29.0. The van der Waals surface area contributed by atoms with Gasteiger partial charge in [0.05, 0.1) is 23.5 Å². The molecular formula is C31H26F4N6O3. The molecule has 1 aliphatic rings. The van der Waals surface area contributed by atoms with E-state index in [1.54, 1.807) is 43.4 Å². The van der Waals surface area contributed by atoms with Gasteiger partial charge in [-0.1, -0.05) is 36.4 Å². The lowest BCUT2D eigenvalue weighted by molar-refractivity contribution is -0.137. The van der Waals surface area contributed by atoms with Crippen molar-refractivity contribution >= 4 is 17.6 Å². The van der Waals surface area contributed by atoms with E-state index < -0.39 is 47.4 Å². The van der Waals surface area contributed by atoms with E-state index in [2.05, 4.69) is 15.7 Å². The molecule has 0 fully saturated rings. The lowest BCUT2D eigenvalue weighted by Gasteiger charge is -2.38. The molecular weight excluding hydrogens is 580 g/mol. The van der Waals surface area contributed by atoms with Gasteiger partial charge in [-0.2, -0.15) is 23.5 Å². The molecule has 0 spiro atoms. The van der Waals surface area contributed by atoms with E-state index in [9.17, 15) is 32.3 Å². The van der Waals surface area contributed by atoms with Gasteiger partial charge in [0, 0.05) is 23.6 Å². The first-order chi connectivity index (χ1) is 21.0. The van der Waals surface area contributed by atoms with Crippen LogP contribution in [0, 0.1) is 17.3 Å². The zero-order valence-corrected chi connectivity index (χ0v) is 23.2. The van der Waals surface area contributed by atoms with E-state index >= 15 is 0 Å². The fourth-order valence-corrected chi connectivity index (χ4v) is 5.35. The Kier molecular flexibility index (Phi) is 8.37. The van der Waals surface area contributed by atoms with Crippen molar-refractivity contribution in [2.24, 2.45) is 0 Å². The van der Waals surface area contributed by atoms with Crippen LogP contribution in [0.1, 0.15) is 51.7 Å². The van der Waals surface area contributed by atoms with Crippen molar-refractivity contribution in [2.45, 2.75) is 31.2 Å². The SMILES string of the molecule is CCN1C(=O)[C@@H](NC(=O)c2cccc(C(F)(F)F)c2)[C@@H](c2ccc(F)cc2)c2c([C@H](O)CNC#N)nn(-c3ccccc3)c21. The Morgan fingerprint density at radius 1 is 1.09 bits per heavy atom. The number of aliphatic hydroxyl groups excluding tert-OH is 1. The zero-order chi connectivity index (χ0) is 31.6. The molecule has 3 N–H and O–H groups in total. The third kappa shape index (κ3) is 5.71. The molecule has 0 radical (unpaired) electrons. The Balaban J connectivity index is 1.72. The molecule has 9 nitrogen and oxygen atoms in total. The number of hydrogen-bond donors (Lipinski definition) is 3. The number of carbonyl (C=O) groups is 2. The number of aromatic nitrogens is 2. The highest BCUT2D eigenvalue weighted by atomic mass is 19.4. The van der Waals surface area contributed by atoms with Crippen molar-refractivity contribution in [3.63, 3.8) is 0 Å². The number of anilines is 1. The number of nitrogens with one attached hydrogen (secondary N) is 2. The normalized spacial score (nSPS) is 17.0. The van der Waals surface area contributed by atoms with Gasteiger partial charge in [0.2, 0.25) is 0 Å². The standard InChI is InChI=1S/C31H26F4N6O3/c1-2-40-29-25(26(23(42)16-37-17-36)39-41(29)22-9-4-3-5-10-22)24(18-11-13-21(32)14-12-18)27(30(40)44)38-28(43)19-7-6-8-20(15-19)31(33,34)35/h3-15,23-24,27,37,42H,2,16H2,1H3,(H,38,43)/t23-,24+,27+/m1/s1. The number of amides is 2. The molecule has 2 amide bonds. The average Bonchev–Trinajstić information content (AvgIpc) is 3.41. The van der Waals surface area contributed by atoms with Crippen molar-refractivity contribution in [3.05, 3.63) is 113 Å². The van der Waals surface area contributed by atoms with Crippen LogP contribution in [0.3, 0.4) is 0 Å². The van der Waals surface area contributed by atoms with Crippen LogP contribution < -0.4 is 15.5 Å². The number of rotatable bonds is 8. The summed E-state index contributed by atoms with van der Waals surface area (Å²) in [6, 6.07) is 16.4. The number of hydrogen-bond acceptors (Lipinski definition) is 6. The van der Waals surface area contributed by atoms with Crippen molar-refractivity contribution in [1.82, 2.24) is 20.4 Å². The number of para-hydroxylation sites is 1. The molecule has 5 rings (SSSR count). The summed E-state index contributed by atoms with van der Waals surface area (Å²) < 4.78 is 55.7. The number of nitrogens with zero attached hydrogens (tertiary/aromatic N) is 4. The summed E-state index contributed by atoms with van der Waals surface area (Å²) >= 11 is 0. The maximum Gasteiger partial charge on any atom is 0.416 e. The molecule has 226 valence electrons. The monoisotopic (exact) mass is 606 g/mol. The topological polar surface area (TPSA) is 123 Å². The van der Waals surface area contributed by atoms with E-state index in [1.165, 1.54) is 39.9 Å². The lowest BCUT2D eigenvalue weighted by atomic mass is 9.80. The van der Waals surface area contributed by atoms with E-state index in [1.807, 2.05) is 0 Å². The van der Waals surface area contributed by atoms with Crippen LogP contribution in [0.2, 0.25) is 0 Å². The molecule has 0 saturated heterocycles. The maximum absolute atomic E-state index is 14.2. The Labute approximate surface area is 249 Å². The highest BCUT2D eigenvalue weighted by Gasteiger charge is 2.47. The fourth-order valence-electron chi connectivity index (χ4n) is 5.35. The van der Waals surface area contributed by atoms with Gasteiger partial charge in [-0.15, -0.1) is 0 Å². The van der Waals surface area contributed by atoms with Crippen LogP contribution in [-0.4, -0.2) is 45.8 Å². The highest BCUT2D eigenvalue weighted by Crippen LogP contribution is 2.45. The minimum Gasteiger partial charge on any atom is -0.385 e. The van der Waals surface area contributed by atoms with Gasteiger partial charge in [0.15, 0.2) is 6.19 Å². The van der Waals surface area contributed by atoms with Gasteiger partial charge in [0.25, 0.3) is 11.8 Å². The van der Waals surface area contributed by atoms with Gasteiger partial charge >= 0.3 is 6.18 Å². The van der Waals surface area contributed by atoms with E-state index in [-0.39, 0.29) is 30.2 Å². The molecule has 3 aromatic carbocycles. The third-order valence-electron chi connectivity index (χ3n) is 7.33. The molecule has 3 atom stereocenters. The second-order valence-corrected chi connectivity index (χ2v) is 10.0. The minimum absolute atomic E-state index is 0.0881. The maximum atomic E-state index is 14.2. The van der Waals surface area contributed by atoms with Crippen LogP contribution in [0.25, 0.3) is 5.69 Å². The van der Waals surface area contributed by atoms with E-state index in [0.29, 0.717) is 22.9 Å². The van der Waals surface area contributed by atoms with Gasteiger partial charge in [-0.3, -0.25) is 14.5 Å². The van der Waals surface area contributed by atoms with Crippen LogP contribution in [-0.2, 0) is 11.0 Å². The molecule has 13 heteroatoms. The fraction of sp³-hybridized carbons (Fsp3) is 0.226. The van der Waals surface area contributed by atoms with Crippen molar-refractivity contribution in [2.75, 3.05) is 18.0 Å². The molecule has 2 heterocycles. The number of likely N-dealkylation sites (N-methyl/N-ethyl adjacent to an activating group) is 1. The first kappa shape index (κ1) is 30.2. The summed E-state index contributed by atoms with van der Waals surface area (Å²) in [5.74, 6) is -2.87. The largest absolute Gasteiger partial charge is 0.416 e. The molecule has 0 saturated carbocycles. The number of halogens is 4. The Hall–Kier alpha value is -5.22. The average molecular weight is 607 g/mol. The number of carbonyl (C=O) groups excluding carboxylic acids is 2. The molecule has 0 bridgehead atoms. The second-order valence-electron chi connectivity index (χ2n) is 10.0. The summed E-state index contributed by atoms with van der Waals surface area (Å²) in [5.41, 5.74) is -0.0231. The van der Waals surface area contributed by atoms with Crippen LogP contribution >= 0.6 is 0 Å². The van der Waals surface area contributed by atoms with E-state index in [0.717, 1.165) is 12.1 Å². The summed E-state index contributed by atoms with van der Waals surface area (Å²) in [5, 5.41) is 29.9. The van der Waals surface area contributed by atoms with Crippen LogP contribution in [0.15, 0.2) is 78.9 Å². The summed E-state index contributed by atoms with van der Waals surface area (Å²) in [6.45, 7) is 1.57. The van der Waals surface area contributed by atoms with Crippen LogP contribution in [0.5, 0.6) is 0 Å². The highest BCUT2D eigenvalue weighted by molar-refractivity contribution is 6.05. The van der Waals surface area contributed by atoms with Crippen LogP contribution in [0.4, 0.5) is 23.4 Å². The number of nitriles is 1. The molecule has 1 aromatic heterocycles. The molecule has 44 heavy (non-hydrogen) atoms. The van der Waals surface area contributed by atoms with Gasteiger partial charge < -0.3 is 15.7 Å². The predicted octanol–water partition coefficient (Wildman–Crippen LogP) is 4.43. The molecule has 4 aromatic rings. The second kappa shape index (κ2) is 12.2. The smallest absolute Gasteiger partial charge is 0.385 e.